The maximum Gasteiger partial charge on any atom is 0.259 e. The Morgan fingerprint density at radius 1 is 1.10 bits per heavy atom. The monoisotopic (exact) mass is 468 g/mol. The van der Waals surface area contributed by atoms with Crippen molar-refractivity contribution in [2.75, 3.05) is 0 Å². The lowest BCUT2D eigenvalue weighted by atomic mass is 10.1. The van der Waals surface area contributed by atoms with E-state index in [2.05, 4.69) is 67.7 Å². The molecule has 0 bridgehead atoms. The maximum atomic E-state index is 12.5. The first-order valence-electron chi connectivity index (χ1n) is 9.92. The molecule has 0 aliphatic carbocycles. The number of nitrogens with one attached hydrogen (secondary N) is 1. The molecule has 3 aromatic carbocycles. The van der Waals surface area contributed by atoms with Crippen molar-refractivity contribution in [2.45, 2.75) is 13.5 Å². The van der Waals surface area contributed by atoms with E-state index in [0.29, 0.717) is 16.5 Å². The molecule has 31 heavy (non-hydrogen) atoms. The second-order valence-corrected chi connectivity index (χ2v) is 8.20. The van der Waals surface area contributed by atoms with Gasteiger partial charge in [-0.15, -0.1) is 0 Å². The maximum absolute atomic E-state index is 12.5. The first-order chi connectivity index (χ1) is 15.1. The van der Waals surface area contributed by atoms with Gasteiger partial charge in [-0.3, -0.25) is 4.79 Å². The number of H-pyrrole nitrogens is 1. The Kier molecular flexibility index (Phi) is 4.68. The van der Waals surface area contributed by atoms with E-state index in [0.717, 1.165) is 27.5 Å². The molecule has 0 aliphatic heterocycles. The summed E-state index contributed by atoms with van der Waals surface area (Å²) in [4.78, 5) is 19.8. The van der Waals surface area contributed by atoms with Crippen LogP contribution in [0.5, 0.6) is 0 Å². The van der Waals surface area contributed by atoms with Gasteiger partial charge in [0, 0.05) is 32.8 Å². The number of para-hydroxylation sites is 1. The van der Waals surface area contributed by atoms with Gasteiger partial charge in [-0.05, 0) is 55.0 Å². The summed E-state index contributed by atoms with van der Waals surface area (Å²) >= 11 is 3.37. The molecule has 2 aromatic heterocycles. The Labute approximate surface area is 186 Å². The quantitative estimate of drug-likeness (QED) is 0.336. The average Bonchev–Trinajstić information content (AvgIpc) is 3.11. The van der Waals surface area contributed by atoms with Gasteiger partial charge in [0.15, 0.2) is 5.82 Å². The highest BCUT2D eigenvalue weighted by atomic mass is 79.9. The van der Waals surface area contributed by atoms with Crippen molar-refractivity contribution in [2.24, 2.45) is 0 Å². The van der Waals surface area contributed by atoms with Crippen molar-refractivity contribution in [1.29, 1.82) is 5.26 Å². The molecule has 5 nitrogen and oxygen atoms in total. The minimum atomic E-state index is -0.274. The second kappa shape index (κ2) is 7.53. The van der Waals surface area contributed by atoms with E-state index in [1.807, 2.05) is 24.3 Å². The summed E-state index contributed by atoms with van der Waals surface area (Å²) in [5, 5.41) is 12.6. The van der Waals surface area contributed by atoms with Crippen molar-refractivity contribution >= 4 is 60.3 Å². The molecule has 6 heteroatoms. The lowest BCUT2D eigenvalue weighted by Gasteiger charge is -2.04. The number of aromatic amines is 1. The Bertz CT molecular complexity index is 1620. The first-order valence-corrected chi connectivity index (χ1v) is 10.7. The molecule has 1 N–H and O–H groups in total. The number of allylic oxidation sites excluding steroid dienone is 1. The molecule has 0 saturated heterocycles. The Morgan fingerprint density at radius 3 is 2.71 bits per heavy atom. The standard InChI is InChI=1S/C25H17BrN4O/c1-2-30-22-6-4-3-5-18(22)19-12-15(7-10-23(19)30)11-16(14-27)24-28-21-9-8-17(26)13-20(21)25(31)29-24/h3-13H,2H2,1H3,(H,28,29,31)/b16-11+. The Morgan fingerprint density at radius 2 is 1.90 bits per heavy atom. The predicted octanol–water partition coefficient (Wildman–Crippen LogP) is 5.88. The van der Waals surface area contributed by atoms with Gasteiger partial charge in [0.25, 0.3) is 5.56 Å². The van der Waals surface area contributed by atoms with Crippen LogP contribution in [0.25, 0.3) is 44.4 Å². The van der Waals surface area contributed by atoms with E-state index < -0.39 is 0 Å². The number of rotatable bonds is 3. The molecule has 0 aliphatic rings. The molecule has 150 valence electrons. The van der Waals surface area contributed by atoms with Crippen LogP contribution < -0.4 is 5.56 Å². The van der Waals surface area contributed by atoms with Crippen LogP contribution in [0.15, 0.2) is 69.9 Å². The topological polar surface area (TPSA) is 74.5 Å². The number of nitriles is 1. The second-order valence-electron chi connectivity index (χ2n) is 7.28. The van der Waals surface area contributed by atoms with Gasteiger partial charge in [0.05, 0.1) is 16.5 Å². The summed E-state index contributed by atoms with van der Waals surface area (Å²) in [6.45, 7) is 3.01. The van der Waals surface area contributed by atoms with E-state index in [1.165, 1.54) is 10.9 Å². The third kappa shape index (κ3) is 3.24. The van der Waals surface area contributed by atoms with Gasteiger partial charge >= 0.3 is 0 Å². The molecule has 0 spiro atoms. The number of hydrogen-bond acceptors (Lipinski definition) is 3. The molecule has 0 amide bonds. The fourth-order valence-corrected chi connectivity index (χ4v) is 4.42. The number of benzene rings is 3. The van der Waals surface area contributed by atoms with Crippen LogP contribution in [0.1, 0.15) is 18.3 Å². The van der Waals surface area contributed by atoms with Gasteiger partial charge in [0.1, 0.15) is 6.07 Å². The summed E-state index contributed by atoms with van der Waals surface area (Å²) in [6.07, 6.45) is 1.76. The van der Waals surface area contributed by atoms with Crippen molar-refractivity contribution < 1.29 is 0 Å². The molecule has 5 rings (SSSR count). The molecule has 0 radical (unpaired) electrons. The zero-order valence-corrected chi connectivity index (χ0v) is 18.3. The van der Waals surface area contributed by atoms with Crippen molar-refractivity contribution in [3.05, 3.63) is 86.9 Å². The van der Waals surface area contributed by atoms with Gasteiger partial charge in [0.2, 0.25) is 0 Å². The molecular formula is C25H17BrN4O. The zero-order chi connectivity index (χ0) is 21.5. The number of halogens is 1. The van der Waals surface area contributed by atoms with Crippen LogP contribution in [-0.2, 0) is 6.54 Å². The summed E-state index contributed by atoms with van der Waals surface area (Å²) in [7, 11) is 0. The number of hydrogen-bond donors (Lipinski definition) is 1. The summed E-state index contributed by atoms with van der Waals surface area (Å²) in [5.41, 5.74) is 3.80. The highest BCUT2D eigenvalue weighted by molar-refractivity contribution is 9.10. The fraction of sp³-hybridized carbons (Fsp3) is 0.0800. The highest BCUT2D eigenvalue weighted by Gasteiger charge is 2.12. The van der Waals surface area contributed by atoms with Gasteiger partial charge in [-0.1, -0.05) is 40.2 Å². The van der Waals surface area contributed by atoms with E-state index in [9.17, 15) is 10.1 Å². The van der Waals surface area contributed by atoms with Gasteiger partial charge < -0.3 is 9.55 Å². The van der Waals surface area contributed by atoms with Crippen molar-refractivity contribution in [1.82, 2.24) is 14.5 Å². The van der Waals surface area contributed by atoms with Crippen LogP contribution in [0.3, 0.4) is 0 Å². The summed E-state index contributed by atoms with van der Waals surface area (Å²) < 4.78 is 3.08. The van der Waals surface area contributed by atoms with Crippen molar-refractivity contribution in [3.8, 4) is 6.07 Å². The first kappa shape index (κ1) is 19.3. The van der Waals surface area contributed by atoms with E-state index >= 15 is 0 Å². The molecular weight excluding hydrogens is 452 g/mol. The minimum absolute atomic E-state index is 0.262. The van der Waals surface area contributed by atoms with Gasteiger partial charge in [-0.25, -0.2) is 4.98 Å². The number of aryl methyl sites for hydroxylation is 1. The lowest BCUT2D eigenvalue weighted by molar-refractivity contribution is 0.827. The van der Waals surface area contributed by atoms with Crippen LogP contribution in [0.4, 0.5) is 0 Å². The minimum Gasteiger partial charge on any atom is -0.341 e. The molecule has 0 saturated carbocycles. The molecule has 2 heterocycles. The van der Waals surface area contributed by atoms with Crippen LogP contribution >= 0.6 is 15.9 Å². The lowest BCUT2D eigenvalue weighted by Crippen LogP contribution is -2.11. The number of fused-ring (bicyclic) bond motifs is 4. The summed E-state index contributed by atoms with van der Waals surface area (Å²) in [5.74, 6) is 0.262. The smallest absolute Gasteiger partial charge is 0.259 e. The Hall–Kier alpha value is -3.69. The predicted molar refractivity (Wildman–Crippen MR) is 129 cm³/mol. The normalized spacial score (nSPS) is 12.0. The van der Waals surface area contributed by atoms with E-state index in [-0.39, 0.29) is 11.4 Å². The molecule has 0 fully saturated rings. The third-order valence-corrected chi connectivity index (χ3v) is 5.96. The summed E-state index contributed by atoms with van der Waals surface area (Å²) in [6, 6.07) is 22.0. The largest absolute Gasteiger partial charge is 0.341 e. The van der Waals surface area contributed by atoms with E-state index in [4.69, 9.17) is 0 Å². The van der Waals surface area contributed by atoms with Crippen LogP contribution in [0.2, 0.25) is 0 Å². The van der Waals surface area contributed by atoms with Crippen LogP contribution in [-0.4, -0.2) is 14.5 Å². The molecule has 0 atom stereocenters. The fourth-order valence-electron chi connectivity index (χ4n) is 4.06. The molecule has 5 aromatic rings. The van der Waals surface area contributed by atoms with Gasteiger partial charge in [-0.2, -0.15) is 5.26 Å². The number of aromatic nitrogens is 3. The van der Waals surface area contributed by atoms with Crippen LogP contribution in [0, 0.1) is 11.3 Å². The molecule has 0 unspecified atom stereocenters. The Balaban J connectivity index is 1.68. The third-order valence-electron chi connectivity index (χ3n) is 5.47. The average molecular weight is 469 g/mol. The highest BCUT2D eigenvalue weighted by Crippen LogP contribution is 2.30. The van der Waals surface area contributed by atoms with Crippen molar-refractivity contribution in [3.63, 3.8) is 0 Å². The number of nitrogens with zero attached hydrogens (tertiary/aromatic N) is 3. The SMILES string of the molecule is CCn1c2ccccc2c2cc(/C=C(\C#N)c3nc4ccc(Br)cc4c(=O)[nH]3)ccc21. The zero-order valence-electron chi connectivity index (χ0n) is 16.7. The van der Waals surface area contributed by atoms with E-state index in [1.54, 1.807) is 18.2 Å².